The highest BCUT2D eigenvalue weighted by molar-refractivity contribution is 7.89. The summed E-state index contributed by atoms with van der Waals surface area (Å²) in [6, 6.07) is 1.59. The molecular formula is C14H24N2O3S. The van der Waals surface area contributed by atoms with Gasteiger partial charge in [-0.25, -0.2) is 13.1 Å². The van der Waals surface area contributed by atoms with Crippen molar-refractivity contribution in [2.24, 2.45) is 5.92 Å². The lowest BCUT2D eigenvalue weighted by Crippen LogP contribution is -2.37. The van der Waals surface area contributed by atoms with Crippen molar-refractivity contribution in [2.45, 2.75) is 63.6 Å². The van der Waals surface area contributed by atoms with Crippen LogP contribution in [0.4, 0.5) is 0 Å². The Morgan fingerprint density at radius 1 is 1.35 bits per heavy atom. The molecule has 20 heavy (non-hydrogen) atoms. The van der Waals surface area contributed by atoms with E-state index in [1.54, 1.807) is 16.8 Å². The predicted molar refractivity (Wildman–Crippen MR) is 77.8 cm³/mol. The maximum Gasteiger partial charge on any atom is 0.242 e. The van der Waals surface area contributed by atoms with E-state index in [1.165, 1.54) is 0 Å². The number of hydrogen-bond donors (Lipinski definition) is 2. The van der Waals surface area contributed by atoms with E-state index in [9.17, 15) is 13.5 Å². The molecule has 2 rings (SSSR count). The number of aliphatic hydroxyl groups excluding tert-OH is 1. The minimum absolute atomic E-state index is 0.0405. The first-order valence-corrected chi connectivity index (χ1v) is 8.76. The van der Waals surface area contributed by atoms with E-state index in [4.69, 9.17) is 0 Å². The molecule has 5 nitrogen and oxygen atoms in total. The zero-order valence-electron chi connectivity index (χ0n) is 12.2. The van der Waals surface area contributed by atoms with Crippen molar-refractivity contribution in [1.29, 1.82) is 0 Å². The molecule has 1 saturated carbocycles. The van der Waals surface area contributed by atoms with Crippen LogP contribution in [0.2, 0.25) is 0 Å². The lowest BCUT2D eigenvalue weighted by molar-refractivity contribution is 0.271. The maximum absolute atomic E-state index is 12.4. The molecule has 6 heteroatoms. The first-order chi connectivity index (χ1) is 9.46. The quantitative estimate of drug-likeness (QED) is 0.872. The number of nitrogens with one attached hydrogen (secondary N) is 1. The fourth-order valence-corrected chi connectivity index (χ4v) is 4.13. The van der Waals surface area contributed by atoms with Crippen LogP contribution in [0.5, 0.6) is 0 Å². The van der Waals surface area contributed by atoms with Gasteiger partial charge in [0.2, 0.25) is 10.0 Å². The van der Waals surface area contributed by atoms with Gasteiger partial charge < -0.3 is 9.67 Å². The Bertz CT molecular complexity index is 521. The highest BCUT2D eigenvalue weighted by Crippen LogP contribution is 2.25. The van der Waals surface area contributed by atoms with Gasteiger partial charge in [-0.05, 0) is 44.6 Å². The Hall–Kier alpha value is -0.850. The highest BCUT2D eigenvalue weighted by Gasteiger charge is 2.25. The van der Waals surface area contributed by atoms with Gasteiger partial charge in [0.25, 0.3) is 0 Å². The Labute approximate surface area is 121 Å². The van der Waals surface area contributed by atoms with Crippen molar-refractivity contribution in [3.8, 4) is 0 Å². The van der Waals surface area contributed by atoms with E-state index in [1.807, 2.05) is 6.92 Å². The molecular weight excluding hydrogens is 276 g/mol. The van der Waals surface area contributed by atoms with E-state index in [2.05, 4.69) is 11.6 Å². The average molecular weight is 300 g/mol. The first-order valence-electron chi connectivity index (χ1n) is 7.28. The molecule has 1 fully saturated rings. The highest BCUT2D eigenvalue weighted by atomic mass is 32.2. The second-order valence-corrected chi connectivity index (χ2v) is 7.40. The van der Waals surface area contributed by atoms with E-state index >= 15 is 0 Å². The largest absolute Gasteiger partial charge is 0.390 e. The molecule has 1 aromatic heterocycles. The zero-order valence-corrected chi connectivity index (χ0v) is 13.0. The van der Waals surface area contributed by atoms with Gasteiger partial charge >= 0.3 is 0 Å². The van der Waals surface area contributed by atoms with Gasteiger partial charge in [0.15, 0.2) is 0 Å². The lowest BCUT2D eigenvalue weighted by Gasteiger charge is -2.26. The van der Waals surface area contributed by atoms with Crippen molar-refractivity contribution in [3.05, 3.63) is 18.0 Å². The van der Waals surface area contributed by atoms with Crippen LogP contribution in [0.25, 0.3) is 0 Å². The summed E-state index contributed by atoms with van der Waals surface area (Å²) in [5, 5.41) is 9.24. The van der Waals surface area contributed by atoms with Crippen molar-refractivity contribution < 1.29 is 13.5 Å². The first kappa shape index (κ1) is 15.5. The fourth-order valence-electron chi connectivity index (χ4n) is 2.76. The van der Waals surface area contributed by atoms with Crippen molar-refractivity contribution in [2.75, 3.05) is 0 Å². The number of aryl methyl sites for hydroxylation is 1. The molecule has 0 unspecified atom stereocenters. The SMILES string of the molecule is CCn1cc(S(=O)(=O)NC2CCC(C)CC2)cc1CO. The van der Waals surface area contributed by atoms with Crippen LogP contribution in [0.3, 0.4) is 0 Å². The minimum atomic E-state index is -3.48. The Balaban J connectivity index is 2.12. The number of rotatable bonds is 5. The summed E-state index contributed by atoms with van der Waals surface area (Å²) < 4.78 is 29.3. The standard InChI is InChI=1S/C14H24N2O3S/c1-3-16-9-14(8-13(16)10-17)20(18,19)15-12-6-4-11(2)5-7-12/h8-9,11-12,15,17H,3-7,10H2,1-2H3. The normalized spacial score (nSPS) is 23.9. The van der Waals surface area contributed by atoms with E-state index in [0.717, 1.165) is 25.7 Å². The molecule has 1 aliphatic rings. The second-order valence-electron chi connectivity index (χ2n) is 5.69. The molecule has 1 heterocycles. The summed E-state index contributed by atoms with van der Waals surface area (Å²) in [5.74, 6) is 0.693. The van der Waals surface area contributed by atoms with Crippen LogP contribution in [0.15, 0.2) is 17.2 Å². The Morgan fingerprint density at radius 2 is 2.00 bits per heavy atom. The minimum Gasteiger partial charge on any atom is -0.390 e. The van der Waals surface area contributed by atoms with Crippen molar-refractivity contribution in [1.82, 2.24) is 9.29 Å². The van der Waals surface area contributed by atoms with Crippen molar-refractivity contribution >= 4 is 10.0 Å². The van der Waals surface area contributed by atoms with Crippen molar-refractivity contribution in [3.63, 3.8) is 0 Å². The third-order valence-corrected chi connectivity index (χ3v) is 5.60. The van der Waals surface area contributed by atoms with E-state index < -0.39 is 10.0 Å². The Morgan fingerprint density at radius 3 is 2.50 bits per heavy atom. The lowest BCUT2D eigenvalue weighted by atomic mass is 9.88. The zero-order chi connectivity index (χ0) is 14.8. The summed E-state index contributed by atoms with van der Waals surface area (Å²) in [5.41, 5.74) is 0.630. The van der Waals surface area contributed by atoms with Gasteiger partial charge in [0.05, 0.1) is 11.5 Å². The number of nitrogens with zero attached hydrogens (tertiary/aromatic N) is 1. The molecule has 1 aromatic rings. The van der Waals surface area contributed by atoms with Crippen LogP contribution >= 0.6 is 0 Å². The molecule has 0 saturated heterocycles. The Kier molecular flexibility index (Phi) is 4.88. The average Bonchev–Trinajstić information content (AvgIpc) is 2.85. The molecule has 0 aliphatic heterocycles. The summed E-state index contributed by atoms with van der Waals surface area (Å²) in [6.45, 7) is 4.63. The maximum atomic E-state index is 12.4. The monoisotopic (exact) mass is 300 g/mol. The number of aliphatic hydroxyl groups is 1. The van der Waals surface area contributed by atoms with Gasteiger partial charge in [-0.3, -0.25) is 0 Å². The molecule has 0 amide bonds. The molecule has 0 spiro atoms. The molecule has 0 bridgehead atoms. The number of sulfonamides is 1. The molecule has 114 valence electrons. The third-order valence-electron chi connectivity index (χ3n) is 4.11. The van der Waals surface area contributed by atoms with Gasteiger partial charge in [-0.2, -0.15) is 0 Å². The van der Waals surface area contributed by atoms with Crippen LogP contribution in [-0.4, -0.2) is 24.1 Å². The fraction of sp³-hybridized carbons (Fsp3) is 0.714. The molecule has 0 aromatic carbocycles. The van der Waals surface area contributed by atoms with Crippen LogP contribution in [0, 0.1) is 5.92 Å². The van der Waals surface area contributed by atoms with Gasteiger partial charge in [-0.1, -0.05) is 6.92 Å². The van der Waals surface area contributed by atoms with Gasteiger partial charge in [0.1, 0.15) is 0 Å². The third kappa shape index (κ3) is 3.42. The smallest absolute Gasteiger partial charge is 0.242 e. The second kappa shape index (κ2) is 6.28. The molecule has 2 N–H and O–H groups in total. The molecule has 0 radical (unpaired) electrons. The van der Waals surface area contributed by atoms with Gasteiger partial charge in [-0.15, -0.1) is 0 Å². The van der Waals surface area contributed by atoms with Crippen LogP contribution in [-0.2, 0) is 23.2 Å². The number of aromatic nitrogens is 1. The van der Waals surface area contributed by atoms with E-state index in [-0.39, 0.29) is 17.5 Å². The summed E-state index contributed by atoms with van der Waals surface area (Å²) in [4.78, 5) is 0.252. The van der Waals surface area contributed by atoms with Crippen LogP contribution < -0.4 is 4.72 Å². The van der Waals surface area contributed by atoms with E-state index in [0.29, 0.717) is 18.2 Å². The van der Waals surface area contributed by atoms with Gasteiger partial charge in [0, 0.05) is 24.5 Å². The number of hydrogen-bond acceptors (Lipinski definition) is 3. The predicted octanol–water partition coefficient (Wildman–Crippen LogP) is 1.86. The summed E-state index contributed by atoms with van der Waals surface area (Å²) in [7, 11) is -3.48. The molecule has 0 atom stereocenters. The topological polar surface area (TPSA) is 71.3 Å². The summed E-state index contributed by atoms with van der Waals surface area (Å²) >= 11 is 0. The van der Waals surface area contributed by atoms with Crippen LogP contribution in [0.1, 0.15) is 45.2 Å². The summed E-state index contributed by atoms with van der Waals surface area (Å²) in [6.07, 6.45) is 5.55. The molecule has 1 aliphatic carbocycles.